The molecule has 266 valence electrons. The average Bonchev–Trinajstić information content (AvgIpc) is 2.99. The summed E-state index contributed by atoms with van der Waals surface area (Å²) in [4.78, 5) is 12.5. The normalized spacial score (nSPS) is 13.9. The van der Waals surface area contributed by atoms with Crippen molar-refractivity contribution in [2.45, 2.75) is 107 Å². The van der Waals surface area contributed by atoms with Crippen molar-refractivity contribution in [2.24, 2.45) is 10.4 Å². The van der Waals surface area contributed by atoms with Gasteiger partial charge in [-0.2, -0.15) is 0 Å². The highest BCUT2D eigenvalue weighted by molar-refractivity contribution is 5.95. The van der Waals surface area contributed by atoms with Crippen molar-refractivity contribution in [1.82, 2.24) is 20.5 Å². The van der Waals surface area contributed by atoms with E-state index in [9.17, 15) is 0 Å². The molecule has 3 N–H and O–H groups in total. The van der Waals surface area contributed by atoms with Gasteiger partial charge in [0, 0.05) is 43.3 Å². The number of fused-ring (bicyclic) bond motifs is 1. The van der Waals surface area contributed by atoms with E-state index in [1.54, 1.807) is 6.08 Å². The lowest BCUT2D eigenvalue weighted by Gasteiger charge is -2.25. The van der Waals surface area contributed by atoms with E-state index in [-0.39, 0.29) is 6.04 Å². The quantitative estimate of drug-likeness (QED) is 0.0455. The molecule has 1 aromatic rings. The topological polar surface area (TPSA) is 64.6 Å². The molecule has 2 heterocycles. The first-order valence-electron chi connectivity index (χ1n) is 17.8. The molecule has 1 aromatic heterocycles. The van der Waals surface area contributed by atoms with Gasteiger partial charge in [-0.1, -0.05) is 95.5 Å². The van der Waals surface area contributed by atoms with Gasteiger partial charge in [0.25, 0.3) is 0 Å². The number of aromatic nitrogens is 1. The lowest BCUT2D eigenvalue weighted by Crippen LogP contribution is -2.35. The van der Waals surface area contributed by atoms with Gasteiger partial charge < -0.3 is 20.9 Å². The van der Waals surface area contributed by atoms with E-state index in [4.69, 9.17) is 9.98 Å². The van der Waals surface area contributed by atoms with Crippen LogP contribution >= 0.6 is 0 Å². The van der Waals surface area contributed by atoms with Gasteiger partial charge >= 0.3 is 0 Å². The third-order valence-electron chi connectivity index (χ3n) is 7.24. The van der Waals surface area contributed by atoms with Gasteiger partial charge in [0.15, 0.2) is 0 Å². The van der Waals surface area contributed by atoms with Crippen LogP contribution in [-0.2, 0) is 12.8 Å². The van der Waals surface area contributed by atoms with E-state index in [0.717, 1.165) is 105 Å². The van der Waals surface area contributed by atoms with Crippen LogP contribution < -0.4 is 16.0 Å². The number of allylic oxidation sites excluding steroid dienone is 6. The van der Waals surface area contributed by atoms with E-state index < -0.39 is 0 Å². The second kappa shape index (κ2) is 22.8. The zero-order chi connectivity index (χ0) is 36.1. The molecule has 0 radical (unpaired) electrons. The Bertz CT molecular complexity index is 1290. The first-order valence-corrected chi connectivity index (χ1v) is 17.8. The third kappa shape index (κ3) is 19.9. The maximum absolute atomic E-state index is 5.13. The number of aliphatic imine (C=N–C) groups is 1. The number of anilines is 1. The SMILES string of the molecule is C=C/C=C(\C=C/C)C(=C)NC(C=C(C)C)=NC(CCN(CCCCc1ccc2c(n1)NCCC2)CCNC(=C)C)C(=C)C.CC(C)(C)C. The summed E-state index contributed by atoms with van der Waals surface area (Å²) in [6, 6.07) is 4.45. The highest BCUT2D eigenvalue weighted by Gasteiger charge is 2.15. The predicted octanol–water partition coefficient (Wildman–Crippen LogP) is 9.73. The highest BCUT2D eigenvalue weighted by atomic mass is 15.1. The molecule has 0 bridgehead atoms. The van der Waals surface area contributed by atoms with Crippen LogP contribution in [0.4, 0.5) is 5.82 Å². The van der Waals surface area contributed by atoms with Gasteiger partial charge in [-0.25, -0.2) is 4.98 Å². The van der Waals surface area contributed by atoms with Crippen LogP contribution in [0.1, 0.15) is 99.3 Å². The summed E-state index contributed by atoms with van der Waals surface area (Å²) in [5, 5.41) is 10.3. The minimum atomic E-state index is -0.0109. The molecule has 0 aromatic carbocycles. The van der Waals surface area contributed by atoms with Crippen molar-refractivity contribution < 1.29 is 0 Å². The van der Waals surface area contributed by atoms with E-state index in [1.807, 2.05) is 32.1 Å². The molecule has 6 nitrogen and oxygen atoms in total. The van der Waals surface area contributed by atoms with Gasteiger partial charge in [-0.05, 0) is 108 Å². The molecule has 2 rings (SSSR count). The summed E-state index contributed by atoms with van der Waals surface area (Å²) in [5.74, 6) is 1.88. The molecule has 1 unspecified atom stereocenters. The summed E-state index contributed by atoms with van der Waals surface area (Å²) in [6.07, 6.45) is 16.2. The van der Waals surface area contributed by atoms with Gasteiger partial charge in [0.2, 0.25) is 0 Å². The molecular weight excluding hydrogens is 589 g/mol. The van der Waals surface area contributed by atoms with Crippen molar-refractivity contribution >= 4 is 11.7 Å². The second-order valence-corrected chi connectivity index (χ2v) is 14.7. The third-order valence-corrected chi connectivity index (χ3v) is 7.24. The molecule has 1 aliphatic rings. The van der Waals surface area contributed by atoms with Crippen LogP contribution in [0.3, 0.4) is 0 Å². The summed E-state index contributed by atoms with van der Waals surface area (Å²) >= 11 is 0. The second-order valence-electron chi connectivity index (χ2n) is 14.7. The first kappa shape index (κ1) is 42.4. The monoisotopic (exact) mass is 657 g/mol. The Hall–Kier alpha value is -3.64. The van der Waals surface area contributed by atoms with Crippen molar-refractivity contribution in [3.05, 3.63) is 108 Å². The van der Waals surface area contributed by atoms with E-state index in [1.165, 1.54) is 17.7 Å². The van der Waals surface area contributed by atoms with Crippen molar-refractivity contribution in [3.63, 3.8) is 0 Å². The molecule has 0 fully saturated rings. The Morgan fingerprint density at radius 2 is 1.77 bits per heavy atom. The Labute approximate surface area is 295 Å². The molecule has 48 heavy (non-hydrogen) atoms. The fourth-order valence-corrected chi connectivity index (χ4v) is 4.98. The minimum Gasteiger partial charge on any atom is -0.388 e. The summed E-state index contributed by atoms with van der Waals surface area (Å²) in [7, 11) is 0. The maximum atomic E-state index is 5.13. The zero-order valence-corrected chi connectivity index (χ0v) is 32.1. The molecule has 0 spiro atoms. The number of nitrogens with one attached hydrogen (secondary N) is 3. The molecular formula is C42H68N6. The first-order chi connectivity index (χ1) is 22.6. The number of amidine groups is 1. The van der Waals surface area contributed by atoms with E-state index in [0.29, 0.717) is 5.41 Å². The highest BCUT2D eigenvalue weighted by Crippen LogP contribution is 2.20. The van der Waals surface area contributed by atoms with E-state index in [2.05, 4.69) is 114 Å². The lowest BCUT2D eigenvalue weighted by molar-refractivity contribution is 0.263. The van der Waals surface area contributed by atoms with Crippen LogP contribution in [0, 0.1) is 5.41 Å². The summed E-state index contributed by atoms with van der Waals surface area (Å²) in [6.45, 7) is 40.2. The molecule has 6 heteroatoms. The number of aryl methyl sites for hydroxylation is 2. The van der Waals surface area contributed by atoms with Gasteiger partial charge in [-0.3, -0.25) is 4.99 Å². The van der Waals surface area contributed by atoms with Crippen LogP contribution in [0.2, 0.25) is 0 Å². The van der Waals surface area contributed by atoms with Crippen LogP contribution in [0.15, 0.2) is 102 Å². The maximum Gasteiger partial charge on any atom is 0.129 e. The molecule has 0 amide bonds. The van der Waals surface area contributed by atoms with Crippen LogP contribution in [0.25, 0.3) is 0 Å². The molecule has 0 saturated carbocycles. The predicted molar refractivity (Wildman–Crippen MR) is 214 cm³/mol. The average molecular weight is 657 g/mol. The Morgan fingerprint density at radius 1 is 1.06 bits per heavy atom. The largest absolute Gasteiger partial charge is 0.388 e. The molecule has 1 atom stereocenters. The zero-order valence-electron chi connectivity index (χ0n) is 32.1. The fourth-order valence-electron chi connectivity index (χ4n) is 4.98. The van der Waals surface area contributed by atoms with Crippen molar-refractivity contribution in [2.75, 3.05) is 38.0 Å². The lowest BCUT2D eigenvalue weighted by atomic mass is 10.0. The summed E-state index contributed by atoms with van der Waals surface area (Å²) in [5.41, 5.74) is 7.99. The van der Waals surface area contributed by atoms with Crippen LogP contribution in [0.5, 0.6) is 0 Å². The van der Waals surface area contributed by atoms with Crippen molar-refractivity contribution in [1.29, 1.82) is 0 Å². The van der Waals surface area contributed by atoms with Gasteiger partial charge in [-0.15, -0.1) is 0 Å². The number of nitrogens with zero attached hydrogens (tertiary/aromatic N) is 3. The smallest absolute Gasteiger partial charge is 0.129 e. The number of rotatable bonds is 19. The Morgan fingerprint density at radius 3 is 2.38 bits per heavy atom. The van der Waals surface area contributed by atoms with E-state index >= 15 is 0 Å². The molecule has 0 saturated heterocycles. The Balaban J connectivity index is 0.00000213. The number of hydrogen-bond donors (Lipinski definition) is 3. The van der Waals surface area contributed by atoms with Crippen molar-refractivity contribution in [3.8, 4) is 0 Å². The Kier molecular flexibility index (Phi) is 20.2. The minimum absolute atomic E-state index is 0.0109. The summed E-state index contributed by atoms with van der Waals surface area (Å²) < 4.78 is 0. The number of hydrogen-bond acceptors (Lipinski definition) is 5. The van der Waals surface area contributed by atoms with Crippen LogP contribution in [-0.4, -0.2) is 54.5 Å². The number of unbranched alkanes of at least 4 members (excludes halogenated alkanes) is 1. The van der Waals surface area contributed by atoms with Gasteiger partial charge in [0.1, 0.15) is 11.7 Å². The molecule has 0 aliphatic carbocycles. The fraction of sp³-hybridized carbons (Fsp3) is 0.524. The molecule has 1 aliphatic heterocycles. The van der Waals surface area contributed by atoms with Gasteiger partial charge in [0.05, 0.1) is 6.04 Å². The standard InChI is InChI=1S/C37H56N6.C5H12/c1-10-15-32(16-11-2)31(9)40-36(27-28(3)4)42-35(29(5)6)21-25-43(26-23-38-30(7)8)24-13-12-18-34-20-19-33-17-14-22-39-37(33)41-34;1-5(2,3)4/h10-11,15-16,19-20,27,35,38H,1,5,7,9,12-14,17-18,21-26H2,2-4,6,8H3,(H,39,41)(H,40,42);1-4H3/b16-11-,32-15+;. The number of pyridine rings is 1.